The van der Waals surface area contributed by atoms with Gasteiger partial charge in [0.05, 0.1) is 50.9 Å². The molecule has 0 aliphatic heterocycles. The van der Waals surface area contributed by atoms with Crippen LogP contribution in [0.3, 0.4) is 0 Å². The maximum absolute atomic E-state index is 13.6. The van der Waals surface area contributed by atoms with Crippen LogP contribution in [-0.4, -0.2) is 111 Å². The Morgan fingerprint density at radius 2 is 0.833 bits per heavy atom. The number of carboxylic acids is 2. The Hall–Kier alpha value is -9.24. The number of rotatable bonds is 16. The average molecular weight is 1020 g/mol. The molecule has 0 bridgehead atoms. The van der Waals surface area contributed by atoms with E-state index in [0.29, 0.717) is 0 Å². The molecule has 2 aliphatic carbocycles. The zero-order valence-corrected chi connectivity index (χ0v) is 39.1. The van der Waals surface area contributed by atoms with Crippen molar-refractivity contribution in [3.63, 3.8) is 0 Å². The fourth-order valence-electron chi connectivity index (χ4n) is 7.15. The minimum atomic E-state index is -5.13. The Morgan fingerprint density at radius 3 is 1.14 bits per heavy atom. The van der Waals surface area contributed by atoms with Crippen LogP contribution >= 0.6 is 0 Å². The van der Waals surface area contributed by atoms with Crippen LogP contribution in [0.1, 0.15) is 73.3 Å². The molecular weight excluding hydrogens is 989 g/mol. The van der Waals surface area contributed by atoms with Gasteiger partial charge in [0.15, 0.2) is 34.4 Å². The SMILES string of the molecule is COc1cc(N/N=C2\C(=O)c3ccc(NC(=O)c4ccc(C(=O)Nc5ccc6c(c5)C=C(S(=O)(=O)O)/C(=N/Nc5cc(OC)c(OC)cc5C(=O)O)C6=O)cc4)cc3C=C2S(=O)(=O)O)c(C(=O)O)cc1OC. The van der Waals surface area contributed by atoms with Gasteiger partial charge in [-0.05, 0) is 83.9 Å². The van der Waals surface area contributed by atoms with Gasteiger partial charge in [-0.1, -0.05) is 0 Å². The van der Waals surface area contributed by atoms with Crippen molar-refractivity contribution in [2.24, 2.45) is 10.2 Å². The molecule has 0 atom stereocenters. The van der Waals surface area contributed by atoms with E-state index in [2.05, 4.69) is 31.7 Å². The number of nitrogens with one attached hydrogen (secondary N) is 4. The molecule has 8 N–H and O–H groups in total. The number of carbonyl (C=O) groups excluding carboxylic acids is 4. The molecule has 0 saturated carbocycles. The molecule has 0 fully saturated rings. The molecule has 370 valence electrons. The highest BCUT2D eigenvalue weighted by atomic mass is 32.2. The van der Waals surface area contributed by atoms with Gasteiger partial charge < -0.3 is 39.8 Å². The van der Waals surface area contributed by atoms with Crippen molar-refractivity contribution >= 4 is 102 Å². The number of ether oxygens (including phenoxy) is 4. The molecule has 0 unspecified atom stereocenters. The standard InChI is InChI=1S/C46H36N6O18S2/c1-67-33-17-29(45(57)58)31(19-35(33)69-3)49-51-39-37(71(61,62)63)15-23-13-25(9-11-27(23)41(39)53)47-43(55)21-5-7-22(8-6-21)44(56)48-26-10-12-28-24(14-26)16-38(72(64,65)66)40(42(28)54)52-50-32-20-36(70-4)34(68-2)18-30(32)46(59)60/h5-20,49-50H,1-4H3,(H,47,55)(H,48,56)(H,57,58)(H,59,60)(H,61,62,63)(H,64,65,66)/b51-39-,52-40-. The van der Waals surface area contributed by atoms with Crippen LogP contribution in [0.4, 0.5) is 22.7 Å². The third-order valence-electron chi connectivity index (χ3n) is 10.6. The minimum absolute atomic E-state index is 0.0401. The number of hydrogen-bond donors (Lipinski definition) is 8. The van der Waals surface area contributed by atoms with Crippen molar-refractivity contribution in [3.05, 3.63) is 139 Å². The van der Waals surface area contributed by atoms with Crippen molar-refractivity contribution in [1.82, 2.24) is 0 Å². The van der Waals surface area contributed by atoms with E-state index in [4.69, 9.17) is 18.9 Å². The van der Waals surface area contributed by atoms with Crippen LogP contribution in [-0.2, 0) is 20.2 Å². The lowest BCUT2D eigenvalue weighted by atomic mass is 9.94. The molecular formula is C46H36N6O18S2. The monoisotopic (exact) mass is 1020 g/mol. The van der Waals surface area contributed by atoms with Gasteiger partial charge in [0.2, 0.25) is 11.6 Å². The Kier molecular flexibility index (Phi) is 14.1. The summed E-state index contributed by atoms with van der Waals surface area (Å²) in [6.45, 7) is 0. The molecule has 24 nitrogen and oxygen atoms in total. The highest BCUT2D eigenvalue weighted by Gasteiger charge is 2.35. The number of aromatic carboxylic acids is 2. The van der Waals surface area contributed by atoms with E-state index >= 15 is 0 Å². The molecule has 0 spiro atoms. The number of nitrogens with zero attached hydrogens (tertiary/aromatic N) is 2. The molecule has 26 heteroatoms. The summed E-state index contributed by atoms with van der Waals surface area (Å²) in [7, 11) is -5.15. The lowest BCUT2D eigenvalue weighted by Crippen LogP contribution is -2.27. The summed E-state index contributed by atoms with van der Waals surface area (Å²) in [5.41, 5.74) is 1.89. The summed E-state index contributed by atoms with van der Waals surface area (Å²) >= 11 is 0. The van der Waals surface area contributed by atoms with Gasteiger partial charge in [0.1, 0.15) is 9.81 Å². The van der Waals surface area contributed by atoms with E-state index in [1.54, 1.807) is 0 Å². The predicted molar refractivity (Wildman–Crippen MR) is 258 cm³/mol. The van der Waals surface area contributed by atoms with E-state index < -0.39 is 76.8 Å². The number of hydrazone groups is 2. The molecule has 7 rings (SSSR count). The first-order chi connectivity index (χ1) is 34.1. The second-order valence-corrected chi connectivity index (χ2v) is 17.8. The maximum atomic E-state index is 13.6. The molecule has 0 saturated heterocycles. The third-order valence-corrected chi connectivity index (χ3v) is 12.4. The van der Waals surface area contributed by atoms with Crippen molar-refractivity contribution in [2.45, 2.75) is 0 Å². The van der Waals surface area contributed by atoms with Gasteiger partial charge in [-0.25, -0.2) is 9.59 Å². The van der Waals surface area contributed by atoms with Crippen LogP contribution < -0.4 is 40.4 Å². The first-order valence-electron chi connectivity index (χ1n) is 20.2. The van der Waals surface area contributed by atoms with Gasteiger partial charge in [-0.3, -0.25) is 39.1 Å². The number of methoxy groups -OCH3 is 4. The smallest absolute Gasteiger partial charge is 0.338 e. The quantitative estimate of drug-likeness (QED) is 0.0452. The van der Waals surface area contributed by atoms with Gasteiger partial charge in [-0.15, -0.1) is 0 Å². The van der Waals surface area contributed by atoms with Gasteiger partial charge in [0, 0.05) is 57.9 Å². The number of amides is 2. The van der Waals surface area contributed by atoms with E-state index in [1.165, 1.54) is 101 Å². The molecule has 5 aromatic carbocycles. The van der Waals surface area contributed by atoms with Crippen molar-refractivity contribution in [3.8, 4) is 23.0 Å². The number of hydrogen-bond acceptors (Lipinski definition) is 18. The first-order valence-corrected chi connectivity index (χ1v) is 23.1. The number of carboxylic acid groups (broad SMARTS) is 2. The van der Waals surface area contributed by atoms with Crippen molar-refractivity contribution in [2.75, 3.05) is 49.9 Å². The normalized spacial score (nSPS) is 14.2. The number of fused-ring (bicyclic) bond motifs is 2. The van der Waals surface area contributed by atoms with Crippen molar-refractivity contribution in [1.29, 1.82) is 0 Å². The van der Waals surface area contributed by atoms with Crippen LogP contribution in [0, 0.1) is 0 Å². The summed E-state index contributed by atoms with van der Waals surface area (Å²) in [5.74, 6) is -6.00. The molecule has 2 amide bonds. The second kappa shape index (κ2) is 20.0. The highest BCUT2D eigenvalue weighted by Crippen LogP contribution is 2.36. The third kappa shape index (κ3) is 10.4. The van der Waals surface area contributed by atoms with Gasteiger partial charge in [0.25, 0.3) is 32.1 Å². The van der Waals surface area contributed by atoms with Gasteiger partial charge >= 0.3 is 11.9 Å². The lowest BCUT2D eigenvalue weighted by Gasteiger charge is -2.18. The molecule has 0 radical (unpaired) electrons. The first kappa shape index (κ1) is 50.6. The Balaban J connectivity index is 1.06. The fourth-order valence-corrected chi connectivity index (χ4v) is 8.46. The molecule has 72 heavy (non-hydrogen) atoms. The number of benzene rings is 5. The topological polar surface area (TPSA) is 361 Å². The molecule has 2 aliphatic rings. The van der Waals surface area contributed by atoms with Gasteiger partial charge in [-0.2, -0.15) is 27.0 Å². The number of allylic oxidation sites excluding steroid dienone is 2. The van der Waals surface area contributed by atoms with E-state index in [-0.39, 0.29) is 90.3 Å². The largest absolute Gasteiger partial charge is 0.493 e. The average Bonchev–Trinajstić information content (AvgIpc) is 3.34. The summed E-state index contributed by atoms with van der Waals surface area (Å²) in [5, 5.41) is 32.4. The second-order valence-electron chi connectivity index (χ2n) is 15.0. The van der Waals surface area contributed by atoms with Crippen LogP contribution in [0.2, 0.25) is 0 Å². The lowest BCUT2D eigenvalue weighted by molar-refractivity contribution is 0.0686. The van der Waals surface area contributed by atoms with Crippen LogP contribution in [0.5, 0.6) is 23.0 Å². The highest BCUT2D eigenvalue weighted by molar-refractivity contribution is 7.91. The fraction of sp³-hybridized carbons (Fsp3) is 0.0870. The molecule has 0 aromatic heterocycles. The van der Waals surface area contributed by atoms with Crippen LogP contribution in [0.15, 0.2) is 105 Å². The van der Waals surface area contributed by atoms with Crippen molar-refractivity contribution < 1.29 is 83.9 Å². The maximum Gasteiger partial charge on any atom is 0.338 e. The summed E-state index contributed by atoms with van der Waals surface area (Å²) in [6.07, 6.45) is 1.86. The number of ketones is 2. The summed E-state index contributed by atoms with van der Waals surface area (Å²) in [6, 6.07) is 17.5. The Morgan fingerprint density at radius 1 is 0.500 bits per heavy atom. The van der Waals surface area contributed by atoms with E-state index in [1.807, 2.05) is 0 Å². The summed E-state index contributed by atoms with van der Waals surface area (Å²) in [4.78, 5) is 75.9. The Bertz CT molecular complexity index is 3320. The molecule has 0 heterocycles. The zero-order valence-electron chi connectivity index (χ0n) is 37.5. The van der Waals surface area contributed by atoms with Crippen LogP contribution in [0.25, 0.3) is 12.2 Å². The summed E-state index contributed by atoms with van der Waals surface area (Å²) < 4.78 is 90.9. The van der Waals surface area contributed by atoms with E-state index in [9.17, 15) is 64.9 Å². The number of carbonyl (C=O) groups is 6. The predicted octanol–water partition coefficient (Wildman–Crippen LogP) is 5.41. The number of anilines is 4. The number of Topliss-reactive ketones (excluding diaryl/α,β-unsaturated/α-hetero) is 2. The zero-order chi connectivity index (χ0) is 52.4. The Labute approximate surface area is 406 Å². The molecule has 5 aromatic rings. The minimum Gasteiger partial charge on any atom is -0.493 e. The van der Waals surface area contributed by atoms with E-state index in [0.717, 1.165) is 24.3 Å².